The molecule has 0 unspecified atom stereocenters. The van der Waals surface area contributed by atoms with Crippen molar-refractivity contribution in [3.8, 4) is 0 Å². The van der Waals surface area contributed by atoms with Gasteiger partial charge >= 0.3 is 7.82 Å². The van der Waals surface area contributed by atoms with Gasteiger partial charge in [-0.1, -0.05) is 180 Å². The highest BCUT2D eigenvalue weighted by Crippen LogP contribution is 2.35. The number of nitrogens with one attached hydrogen (secondary N) is 1. The van der Waals surface area contributed by atoms with Crippen molar-refractivity contribution in [1.29, 1.82) is 0 Å². The molecule has 4 N–H and O–H groups in total. The third kappa shape index (κ3) is 32.7. The molecule has 0 heterocycles. The average molecular weight is 646 g/mol. The van der Waals surface area contributed by atoms with E-state index in [1.807, 2.05) is 6.08 Å². The summed E-state index contributed by atoms with van der Waals surface area (Å²) in [7, 11) is -4.70. The fourth-order valence-electron chi connectivity index (χ4n) is 5.64. The number of hydrogen-bond donors (Lipinski definition) is 4. The summed E-state index contributed by atoms with van der Waals surface area (Å²) in [5.74, 6) is -0.225. The zero-order chi connectivity index (χ0) is 32.6. The smallest absolute Gasteiger partial charge is 0.387 e. The highest BCUT2D eigenvalue weighted by molar-refractivity contribution is 7.46. The third-order valence-corrected chi connectivity index (χ3v) is 8.98. The number of unbranched alkanes of at least 4 members (excludes halogenated alkanes) is 25. The van der Waals surface area contributed by atoms with E-state index in [9.17, 15) is 14.5 Å². The summed E-state index contributed by atoms with van der Waals surface area (Å²) in [4.78, 5) is 30.7. The van der Waals surface area contributed by atoms with Crippen LogP contribution in [0.1, 0.15) is 194 Å². The fraction of sp³-hybridized carbons (Fsp3) is 0.917. The Kier molecular flexibility index (Phi) is 31.7. The standard InChI is InChI=1S/C36H72NO6P/c1-3-5-7-9-11-13-15-17-18-20-22-24-26-28-30-32-36(39)37-34(33-43-44(40,41)42)35(38)31-29-27-25-23-21-19-16-14-12-10-8-6-4-2/h29,31,34-35,38H,3-28,30,32-33H2,1-2H3,(H,37,39)(H2,40,41,42)/b31-29+/t34-,35+/m0/s1. The van der Waals surface area contributed by atoms with Gasteiger partial charge in [-0.2, -0.15) is 0 Å². The van der Waals surface area contributed by atoms with Gasteiger partial charge in [-0.25, -0.2) is 4.57 Å². The zero-order valence-electron chi connectivity index (χ0n) is 28.8. The van der Waals surface area contributed by atoms with Crippen LogP contribution in [0.25, 0.3) is 0 Å². The van der Waals surface area contributed by atoms with E-state index in [0.29, 0.717) is 6.42 Å². The first-order chi connectivity index (χ1) is 21.3. The highest BCUT2D eigenvalue weighted by Gasteiger charge is 2.24. The second-order valence-electron chi connectivity index (χ2n) is 12.9. The maximum atomic E-state index is 12.5. The molecule has 0 aromatic heterocycles. The maximum Gasteiger partial charge on any atom is 0.469 e. The first kappa shape index (κ1) is 43.3. The summed E-state index contributed by atoms with van der Waals surface area (Å²) in [6.45, 7) is 4.06. The van der Waals surface area contributed by atoms with E-state index >= 15 is 0 Å². The number of phosphoric acid groups is 1. The predicted molar refractivity (Wildman–Crippen MR) is 186 cm³/mol. The van der Waals surface area contributed by atoms with Crippen LogP contribution in [0, 0.1) is 0 Å². The van der Waals surface area contributed by atoms with E-state index in [-0.39, 0.29) is 5.91 Å². The van der Waals surface area contributed by atoms with Crippen LogP contribution in [0.4, 0.5) is 0 Å². The number of carbonyl (C=O) groups excluding carboxylic acids is 1. The molecule has 0 aliphatic rings. The van der Waals surface area contributed by atoms with Crippen LogP contribution in [0.5, 0.6) is 0 Å². The third-order valence-electron chi connectivity index (χ3n) is 8.50. The minimum Gasteiger partial charge on any atom is -0.387 e. The van der Waals surface area contributed by atoms with Gasteiger partial charge in [0, 0.05) is 6.42 Å². The summed E-state index contributed by atoms with van der Waals surface area (Å²) in [5, 5.41) is 13.3. The normalized spacial score (nSPS) is 13.5. The Morgan fingerprint density at radius 1 is 0.636 bits per heavy atom. The zero-order valence-corrected chi connectivity index (χ0v) is 29.7. The molecule has 0 aromatic rings. The monoisotopic (exact) mass is 646 g/mol. The van der Waals surface area contributed by atoms with Crippen molar-refractivity contribution in [1.82, 2.24) is 5.32 Å². The molecule has 0 rings (SSSR count). The molecule has 0 fully saturated rings. The highest BCUT2D eigenvalue weighted by atomic mass is 31.2. The van der Waals surface area contributed by atoms with E-state index in [1.54, 1.807) is 6.08 Å². The van der Waals surface area contributed by atoms with E-state index in [1.165, 1.54) is 135 Å². The second-order valence-corrected chi connectivity index (χ2v) is 14.1. The van der Waals surface area contributed by atoms with Crippen molar-refractivity contribution in [2.24, 2.45) is 0 Å². The van der Waals surface area contributed by atoms with Crippen LogP contribution < -0.4 is 5.32 Å². The molecule has 8 heteroatoms. The quantitative estimate of drug-likeness (QED) is 0.0314. The van der Waals surface area contributed by atoms with Gasteiger partial charge in [0.05, 0.1) is 18.8 Å². The Morgan fingerprint density at radius 2 is 1.00 bits per heavy atom. The van der Waals surface area contributed by atoms with Crippen LogP contribution in [-0.4, -0.2) is 39.6 Å². The number of carbonyl (C=O) groups is 1. The predicted octanol–water partition coefficient (Wildman–Crippen LogP) is 10.5. The molecule has 0 aromatic carbocycles. The van der Waals surface area contributed by atoms with Crippen LogP contribution in [0.2, 0.25) is 0 Å². The summed E-state index contributed by atoms with van der Waals surface area (Å²) in [6, 6.07) is -0.903. The first-order valence-electron chi connectivity index (χ1n) is 18.6. The summed E-state index contributed by atoms with van der Waals surface area (Å²) >= 11 is 0. The number of amides is 1. The number of allylic oxidation sites excluding steroid dienone is 1. The average Bonchev–Trinajstić information content (AvgIpc) is 2.99. The van der Waals surface area contributed by atoms with Gasteiger partial charge < -0.3 is 20.2 Å². The molecule has 0 saturated carbocycles. The topological polar surface area (TPSA) is 116 Å². The molecule has 0 bridgehead atoms. The lowest BCUT2D eigenvalue weighted by Crippen LogP contribution is -2.45. The Bertz CT molecular complexity index is 698. The van der Waals surface area contributed by atoms with Crippen molar-refractivity contribution in [3.63, 3.8) is 0 Å². The largest absolute Gasteiger partial charge is 0.469 e. The Balaban J connectivity index is 4.02. The van der Waals surface area contributed by atoms with Crippen LogP contribution in [0.15, 0.2) is 12.2 Å². The SMILES string of the molecule is CCCCCCCCCCCCC/C=C/[C@@H](O)[C@H](COP(=O)(O)O)NC(=O)CCCCCCCCCCCCCCCCC. The minimum atomic E-state index is -4.70. The molecule has 0 spiro atoms. The number of phosphoric ester groups is 1. The van der Waals surface area contributed by atoms with E-state index < -0.39 is 26.6 Å². The molecule has 44 heavy (non-hydrogen) atoms. The number of aliphatic hydroxyl groups is 1. The van der Waals surface area contributed by atoms with Crippen molar-refractivity contribution in [3.05, 3.63) is 12.2 Å². The van der Waals surface area contributed by atoms with Gasteiger partial charge in [0.25, 0.3) is 0 Å². The van der Waals surface area contributed by atoms with Gasteiger partial charge in [0.1, 0.15) is 0 Å². The molecule has 7 nitrogen and oxygen atoms in total. The Morgan fingerprint density at radius 3 is 1.39 bits per heavy atom. The van der Waals surface area contributed by atoms with E-state index in [2.05, 4.69) is 23.7 Å². The summed E-state index contributed by atoms with van der Waals surface area (Å²) < 4.78 is 15.8. The molecule has 2 atom stereocenters. The lowest BCUT2D eigenvalue weighted by molar-refractivity contribution is -0.123. The van der Waals surface area contributed by atoms with Gasteiger partial charge in [0.2, 0.25) is 5.91 Å². The van der Waals surface area contributed by atoms with Gasteiger partial charge in [-0.3, -0.25) is 9.32 Å². The van der Waals surface area contributed by atoms with Crippen LogP contribution in [0.3, 0.4) is 0 Å². The first-order valence-corrected chi connectivity index (χ1v) is 20.2. The van der Waals surface area contributed by atoms with Crippen LogP contribution >= 0.6 is 7.82 Å². The lowest BCUT2D eigenvalue weighted by atomic mass is 10.0. The van der Waals surface area contributed by atoms with Gasteiger partial charge in [-0.15, -0.1) is 0 Å². The van der Waals surface area contributed by atoms with Crippen LogP contribution in [-0.2, 0) is 13.9 Å². The van der Waals surface area contributed by atoms with E-state index in [0.717, 1.165) is 38.5 Å². The van der Waals surface area contributed by atoms with Gasteiger partial charge in [-0.05, 0) is 19.3 Å². The molecular weight excluding hydrogens is 573 g/mol. The minimum absolute atomic E-state index is 0.225. The van der Waals surface area contributed by atoms with Crippen molar-refractivity contribution >= 4 is 13.7 Å². The number of rotatable bonds is 34. The van der Waals surface area contributed by atoms with Crippen molar-refractivity contribution in [2.75, 3.05) is 6.61 Å². The number of aliphatic hydroxyl groups excluding tert-OH is 1. The second kappa shape index (κ2) is 32.2. The molecule has 0 saturated heterocycles. The summed E-state index contributed by atoms with van der Waals surface area (Å²) in [5.41, 5.74) is 0. The number of hydrogen-bond acceptors (Lipinski definition) is 4. The Hall–Kier alpha value is -0.720. The molecular formula is C36H72NO6P. The summed E-state index contributed by atoms with van der Waals surface area (Å²) in [6.07, 6.45) is 36.5. The molecule has 1 amide bonds. The Labute approximate surface area is 272 Å². The fourth-order valence-corrected chi connectivity index (χ4v) is 5.99. The molecule has 0 radical (unpaired) electrons. The van der Waals surface area contributed by atoms with Crippen molar-refractivity contribution < 1.29 is 28.8 Å². The molecule has 0 aliphatic heterocycles. The van der Waals surface area contributed by atoms with Gasteiger partial charge in [0.15, 0.2) is 0 Å². The molecule has 0 aliphatic carbocycles. The molecule has 262 valence electrons. The maximum absolute atomic E-state index is 12.5. The van der Waals surface area contributed by atoms with E-state index in [4.69, 9.17) is 9.79 Å². The lowest BCUT2D eigenvalue weighted by Gasteiger charge is -2.22. The van der Waals surface area contributed by atoms with Crippen molar-refractivity contribution in [2.45, 2.75) is 206 Å².